The van der Waals surface area contributed by atoms with Gasteiger partial charge in [-0.25, -0.2) is 0 Å². The molecule has 0 aliphatic rings. The van der Waals surface area contributed by atoms with Crippen LogP contribution in [0.5, 0.6) is 0 Å². The predicted molar refractivity (Wildman–Crippen MR) is 53.7 cm³/mol. The van der Waals surface area contributed by atoms with Gasteiger partial charge in [0, 0.05) is 6.42 Å². The number of hydrogen-bond acceptors (Lipinski definition) is 5. The van der Waals surface area contributed by atoms with E-state index in [2.05, 4.69) is 4.74 Å². The SMILES string of the molecule is CCOC(=O)CCC(=O)N(CC#N)CC#N. The van der Waals surface area contributed by atoms with Crippen LogP contribution in [0.1, 0.15) is 19.8 Å². The molecule has 0 aliphatic heterocycles. The van der Waals surface area contributed by atoms with Gasteiger partial charge >= 0.3 is 5.97 Å². The molecular weight excluding hydrogens is 210 g/mol. The van der Waals surface area contributed by atoms with Crippen molar-refractivity contribution >= 4 is 11.9 Å². The lowest BCUT2D eigenvalue weighted by Crippen LogP contribution is -2.32. The van der Waals surface area contributed by atoms with E-state index in [0.717, 1.165) is 4.90 Å². The first-order valence-corrected chi connectivity index (χ1v) is 4.83. The molecule has 0 fully saturated rings. The fraction of sp³-hybridized carbons (Fsp3) is 0.600. The fourth-order valence-electron chi connectivity index (χ4n) is 1.00. The van der Waals surface area contributed by atoms with E-state index in [1.807, 2.05) is 0 Å². The van der Waals surface area contributed by atoms with Crippen molar-refractivity contribution in [3.05, 3.63) is 0 Å². The molecule has 0 heterocycles. The van der Waals surface area contributed by atoms with Crippen LogP contribution in [-0.2, 0) is 14.3 Å². The molecular formula is C10H13N3O3. The lowest BCUT2D eigenvalue weighted by atomic mass is 10.2. The van der Waals surface area contributed by atoms with Crippen molar-refractivity contribution in [2.75, 3.05) is 19.7 Å². The van der Waals surface area contributed by atoms with E-state index in [4.69, 9.17) is 10.5 Å². The highest BCUT2D eigenvalue weighted by molar-refractivity contribution is 5.81. The first kappa shape index (κ1) is 13.9. The Morgan fingerprint density at radius 2 is 1.75 bits per heavy atom. The van der Waals surface area contributed by atoms with Crippen LogP contribution < -0.4 is 0 Å². The molecule has 0 rings (SSSR count). The van der Waals surface area contributed by atoms with E-state index >= 15 is 0 Å². The summed E-state index contributed by atoms with van der Waals surface area (Å²) >= 11 is 0. The van der Waals surface area contributed by atoms with E-state index in [1.54, 1.807) is 19.1 Å². The van der Waals surface area contributed by atoms with Gasteiger partial charge in [-0.2, -0.15) is 10.5 Å². The topological polar surface area (TPSA) is 94.2 Å². The summed E-state index contributed by atoms with van der Waals surface area (Å²) < 4.78 is 4.65. The largest absolute Gasteiger partial charge is 0.466 e. The van der Waals surface area contributed by atoms with Crippen molar-refractivity contribution < 1.29 is 14.3 Å². The molecule has 1 amide bonds. The highest BCUT2D eigenvalue weighted by Crippen LogP contribution is 1.99. The Balaban J connectivity index is 4.07. The minimum Gasteiger partial charge on any atom is -0.466 e. The number of ether oxygens (including phenoxy) is 1. The molecule has 0 spiro atoms. The molecule has 16 heavy (non-hydrogen) atoms. The smallest absolute Gasteiger partial charge is 0.306 e. The summed E-state index contributed by atoms with van der Waals surface area (Å²) in [6.07, 6.45) is -0.0672. The first-order chi connectivity index (χ1) is 7.65. The van der Waals surface area contributed by atoms with E-state index in [0.29, 0.717) is 0 Å². The minimum atomic E-state index is -0.454. The van der Waals surface area contributed by atoms with Gasteiger partial charge in [-0.1, -0.05) is 0 Å². The second kappa shape index (κ2) is 8.25. The van der Waals surface area contributed by atoms with Gasteiger partial charge in [-0.3, -0.25) is 9.59 Å². The molecule has 0 N–H and O–H groups in total. The van der Waals surface area contributed by atoms with Crippen LogP contribution in [0, 0.1) is 22.7 Å². The Bertz CT molecular complexity index is 311. The van der Waals surface area contributed by atoms with Crippen molar-refractivity contribution in [1.82, 2.24) is 4.90 Å². The summed E-state index contributed by atoms with van der Waals surface area (Å²) in [5.74, 6) is -0.846. The summed E-state index contributed by atoms with van der Waals surface area (Å²) in [4.78, 5) is 23.5. The van der Waals surface area contributed by atoms with Gasteiger partial charge < -0.3 is 9.64 Å². The van der Waals surface area contributed by atoms with Crippen molar-refractivity contribution in [3.8, 4) is 12.1 Å². The Morgan fingerprint density at radius 1 is 1.19 bits per heavy atom. The van der Waals surface area contributed by atoms with Crippen molar-refractivity contribution in [2.45, 2.75) is 19.8 Å². The molecule has 0 radical (unpaired) electrons. The Hall–Kier alpha value is -2.08. The summed E-state index contributed by atoms with van der Waals surface area (Å²) in [5.41, 5.74) is 0. The lowest BCUT2D eigenvalue weighted by molar-refractivity contribution is -0.145. The molecule has 0 aliphatic carbocycles. The predicted octanol–water partition coefficient (Wildman–Crippen LogP) is 0.205. The number of carbonyl (C=O) groups is 2. The van der Waals surface area contributed by atoms with Gasteiger partial charge in [0.25, 0.3) is 0 Å². The zero-order valence-electron chi connectivity index (χ0n) is 9.10. The number of esters is 1. The van der Waals surface area contributed by atoms with Crippen LogP contribution in [0.25, 0.3) is 0 Å². The average molecular weight is 223 g/mol. The number of nitrogens with zero attached hydrogens (tertiary/aromatic N) is 3. The Morgan fingerprint density at radius 3 is 2.19 bits per heavy atom. The normalized spacial score (nSPS) is 8.69. The van der Waals surface area contributed by atoms with Gasteiger partial charge in [-0.15, -0.1) is 0 Å². The van der Waals surface area contributed by atoms with Crippen LogP contribution in [0.3, 0.4) is 0 Å². The highest BCUT2D eigenvalue weighted by atomic mass is 16.5. The third-order valence-corrected chi connectivity index (χ3v) is 1.72. The van der Waals surface area contributed by atoms with Gasteiger partial charge in [0.05, 0.1) is 25.2 Å². The summed E-state index contributed by atoms with van der Waals surface area (Å²) in [5, 5.41) is 16.9. The third kappa shape index (κ3) is 5.61. The molecule has 0 bridgehead atoms. The second-order valence-corrected chi connectivity index (χ2v) is 2.87. The molecule has 0 unspecified atom stereocenters. The fourth-order valence-corrected chi connectivity index (χ4v) is 1.00. The molecule has 0 saturated heterocycles. The van der Waals surface area contributed by atoms with Crippen LogP contribution in [0.2, 0.25) is 0 Å². The van der Waals surface area contributed by atoms with Crippen LogP contribution in [-0.4, -0.2) is 36.5 Å². The maximum absolute atomic E-state index is 11.4. The zero-order valence-corrected chi connectivity index (χ0v) is 9.10. The number of carbonyl (C=O) groups excluding carboxylic acids is 2. The molecule has 86 valence electrons. The number of hydrogen-bond donors (Lipinski definition) is 0. The van der Waals surface area contributed by atoms with Crippen LogP contribution in [0.15, 0.2) is 0 Å². The van der Waals surface area contributed by atoms with Gasteiger partial charge in [0.15, 0.2) is 0 Å². The van der Waals surface area contributed by atoms with Crippen molar-refractivity contribution in [3.63, 3.8) is 0 Å². The molecule has 0 aromatic heterocycles. The standard InChI is InChI=1S/C10H13N3O3/c1-2-16-10(15)4-3-9(14)13(7-5-11)8-6-12/h2-4,7-8H2,1H3. The van der Waals surface area contributed by atoms with Crippen molar-refractivity contribution in [2.24, 2.45) is 0 Å². The molecule has 6 nitrogen and oxygen atoms in total. The zero-order chi connectivity index (χ0) is 12.4. The monoisotopic (exact) mass is 223 g/mol. The van der Waals surface area contributed by atoms with Gasteiger partial charge in [-0.05, 0) is 6.92 Å². The van der Waals surface area contributed by atoms with E-state index in [-0.39, 0.29) is 32.5 Å². The quantitative estimate of drug-likeness (QED) is 0.473. The average Bonchev–Trinajstić information content (AvgIpc) is 2.26. The summed E-state index contributed by atoms with van der Waals surface area (Å²) in [6.45, 7) is 1.66. The maximum Gasteiger partial charge on any atom is 0.306 e. The van der Waals surface area contributed by atoms with Gasteiger partial charge in [0.2, 0.25) is 5.91 Å². The maximum atomic E-state index is 11.4. The van der Waals surface area contributed by atoms with E-state index in [9.17, 15) is 9.59 Å². The minimum absolute atomic E-state index is 0.0277. The molecule has 0 atom stereocenters. The number of nitriles is 2. The molecule has 0 saturated carbocycles. The van der Waals surface area contributed by atoms with Gasteiger partial charge in [0.1, 0.15) is 13.1 Å². The Kier molecular flexibility index (Phi) is 7.17. The molecule has 0 aromatic rings. The lowest BCUT2D eigenvalue weighted by Gasteiger charge is -2.15. The number of rotatable bonds is 6. The second-order valence-electron chi connectivity index (χ2n) is 2.87. The number of amides is 1. The first-order valence-electron chi connectivity index (χ1n) is 4.83. The molecule has 6 heteroatoms. The summed E-state index contributed by atoms with van der Waals surface area (Å²) in [7, 11) is 0. The van der Waals surface area contributed by atoms with Crippen molar-refractivity contribution in [1.29, 1.82) is 10.5 Å². The third-order valence-electron chi connectivity index (χ3n) is 1.72. The van der Waals surface area contributed by atoms with E-state index < -0.39 is 11.9 Å². The van der Waals surface area contributed by atoms with Crippen LogP contribution >= 0.6 is 0 Å². The van der Waals surface area contributed by atoms with Crippen LogP contribution in [0.4, 0.5) is 0 Å². The van der Waals surface area contributed by atoms with E-state index in [1.165, 1.54) is 0 Å². The highest BCUT2D eigenvalue weighted by Gasteiger charge is 2.14. The summed E-state index contributed by atoms with van der Waals surface area (Å²) in [6, 6.07) is 3.57. The Labute approximate surface area is 94.0 Å². The molecule has 0 aromatic carbocycles.